The predicted octanol–water partition coefficient (Wildman–Crippen LogP) is 5.10. The maximum atomic E-state index is 13.0. The molecule has 21 heavy (non-hydrogen) atoms. The SMILES string of the molecule is O=C(Nc1nc2ccc(Cl)cc2s1)c1ccc(F)cc1Br. The van der Waals surface area contributed by atoms with Gasteiger partial charge >= 0.3 is 0 Å². The lowest BCUT2D eigenvalue weighted by atomic mass is 10.2. The minimum atomic E-state index is -0.409. The highest BCUT2D eigenvalue weighted by molar-refractivity contribution is 9.10. The number of aromatic nitrogens is 1. The second-order valence-corrected chi connectivity index (χ2v) is 6.53. The third-order valence-corrected chi connectivity index (χ3v) is 4.57. The molecule has 1 heterocycles. The van der Waals surface area contributed by atoms with Crippen LogP contribution in [-0.2, 0) is 0 Å². The highest BCUT2D eigenvalue weighted by Gasteiger charge is 2.13. The Morgan fingerprint density at radius 2 is 2.10 bits per heavy atom. The van der Waals surface area contributed by atoms with E-state index in [4.69, 9.17) is 11.6 Å². The van der Waals surface area contributed by atoms with Gasteiger partial charge in [0.05, 0.1) is 15.8 Å². The second kappa shape index (κ2) is 5.71. The molecule has 0 unspecified atom stereocenters. The summed E-state index contributed by atoms with van der Waals surface area (Å²) in [6.07, 6.45) is 0. The van der Waals surface area contributed by atoms with Gasteiger partial charge in [-0.15, -0.1) is 0 Å². The van der Waals surface area contributed by atoms with Crippen LogP contribution in [-0.4, -0.2) is 10.9 Å². The van der Waals surface area contributed by atoms with Crippen LogP contribution in [0.1, 0.15) is 10.4 Å². The molecule has 7 heteroatoms. The van der Waals surface area contributed by atoms with E-state index in [1.165, 1.54) is 29.5 Å². The predicted molar refractivity (Wildman–Crippen MR) is 86.7 cm³/mol. The molecule has 0 aliphatic heterocycles. The zero-order valence-corrected chi connectivity index (χ0v) is 13.5. The average molecular weight is 386 g/mol. The van der Waals surface area contributed by atoms with E-state index in [9.17, 15) is 9.18 Å². The number of halogens is 3. The summed E-state index contributed by atoms with van der Waals surface area (Å²) in [5.74, 6) is -0.764. The molecule has 3 nitrogen and oxygen atoms in total. The molecule has 0 saturated carbocycles. The zero-order valence-electron chi connectivity index (χ0n) is 10.4. The molecule has 1 amide bonds. The summed E-state index contributed by atoms with van der Waals surface area (Å²) in [5.41, 5.74) is 1.10. The average Bonchev–Trinajstić information content (AvgIpc) is 2.79. The van der Waals surface area contributed by atoms with Gasteiger partial charge in [0.2, 0.25) is 0 Å². The number of nitrogens with one attached hydrogen (secondary N) is 1. The molecular weight excluding hydrogens is 379 g/mol. The minimum Gasteiger partial charge on any atom is -0.298 e. The van der Waals surface area contributed by atoms with E-state index in [2.05, 4.69) is 26.2 Å². The lowest BCUT2D eigenvalue weighted by Crippen LogP contribution is -2.12. The van der Waals surface area contributed by atoms with Crippen molar-refractivity contribution in [3.05, 3.63) is 57.3 Å². The molecular formula is C14H7BrClFN2OS. The largest absolute Gasteiger partial charge is 0.298 e. The van der Waals surface area contributed by atoms with Gasteiger partial charge in [-0.05, 0) is 52.3 Å². The number of fused-ring (bicyclic) bond motifs is 1. The van der Waals surface area contributed by atoms with E-state index in [-0.39, 0.29) is 5.91 Å². The number of anilines is 1. The summed E-state index contributed by atoms with van der Waals surface area (Å²) < 4.78 is 14.3. The highest BCUT2D eigenvalue weighted by Crippen LogP contribution is 2.29. The molecule has 0 spiro atoms. The number of nitrogens with zero attached hydrogens (tertiary/aromatic N) is 1. The van der Waals surface area contributed by atoms with Gasteiger partial charge in [-0.2, -0.15) is 0 Å². The minimum absolute atomic E-state index is 0.341. The molecule has 3 rings (SSSR count). The van der Waals surface area contributed by atoms with Gasteiger partial charge in [0.25, 0.3) is 5.91 Å². The van der Waals surface area contributed by atoms with Crippen LogP contribution in [0.25, 0.3) is 10.2 Å². The van der Waals surface area contributed by atoms with Gasteiger partial charge in [0, 0.05) is 9.50 Å². The molecule has 2 aromatic carbocycles. The number of amides is 1. The van der Waals surface area contributed by atoms with E-state index < -0.39 is 5.82 Å². The molecule has 0 fully saturated rings. The van der Waals surface area contributed by atoms with Crippen molar-refractivity contribution in [2.75, 3.05) is 5.32 Å². The third kappa shape index (κ3) is 3.07. The van der Waals surface area contributed by atoms with Crippen LogP contribution in [0.5, 0.6) is 0 Å². The fourth-order valence-electron chi connectivity index (χ4n) is 1.79. The molecule has 0 atom stereocenters. The van der Waals surface area contributed by atoms with Crippen molar-refractivity contribution in [1.82, 2.24) is 4.98 Å². The quantitative estimate of drug-likeness (QED) is 0.666. The van der Waals surface area contributed by atoms with Gasteiger partial charge in [-0.3, -0.25) is 10.1 Å². The van der Waals surface area contributed by atoms with Crippen molar-refractivity contribution in [2.24, 2.45) is 0 Å². The highest BCUT2D eigenvalue weighted by atomic mass is 79.9. The molecule has 0 aliphatic carbocycles. The van der Waals surface area contributed by atoms with E-state index in [1.807, 2.05) is 0 Å². The molecule has 106 valence electrons. The van der Waals surface area contributed by atoms with Crippen LogP contribution in [0.4, 0.5) is 9.52 Å². The fraction of sp³-hybridized carbons (Fsp3) is 0. The molecule has 0 saturated heterocycles. The maximum Gasteiger partial charge on any atom is 0.258 e. The molecule has 3 aromatic rings. The Balaban J connectivity index is 1.89. The summed E-state index contributed by atoms with van der Waals surface area (Å²) in [7, 11) is 0. The smallest absolute Gasteiger partial charge is 0.258 e. The number of benzene rings is 2. The van der Waals surface area contributed by atoms with E-state index in [0.29, 0.717) is 20.2 Å². The Bertz CT molecular complexity index is 852. The first-order valence-corrected chi connectivity index (χ1v) is 7.84. The number of thiazole rings is 1. The Hall–Kier alpha value is -1.50. The standard InChI is InChI=1S/C14H7BrClFN2OS/c15-10-6-8(17)2-3-9(10)13(20)19-14-18-11-4-1-7(16)5-12(11)21-14/h1-6H,(H,18,19,20). The number of rotatable bonds is 2. The first-order valence-electron chi connectivity index (χ1n) is 5.85. The topological polar surface area (TPSA) is 42.0 Å². The van der Waals surface area contributed by atoms with Crippen molar-refractivity contribution in [3.63, 3.8) is 0 Å². The molecule has 0 aliphatic rings. The lowest BCUT2D eigenvalue weighted by molar-refractivity contribution is 0.102. The van der Waals surface area contributed by atoms with Gasteiger partial charge in [0.15, 0.2) is 5.13 Å². The fourth-order valence-corrected chi connectivity index (χ4v) is 3.46. The van der Waals surface area contributed by atoms with Crippen LogP contribution in [0.3, 0.4) is 0 Å². The monoisotopic (exact) mass is 384 g/mol. The molecule has 1 N–H and O–H groups in total. The van der Waals surface area contributed by atoms with Crippen molar-refractivity contribution in [1.29, 1.82) is 0 Å². The molecule has 0 radical (unpaired) electrons. The Labute approximate surface area is 136 Å². The molecule has 1 aromatic heterocycles. The van der Waals surface area contributed by atoms with Crippen molar-refractivity contribution >= 4 is 60.1 Å². The second-order valence-electron chi connectivity index (χ2n) is 4.21. The normalized spacial score (nSPS) is 10.8. The van der Waals surface area contributed by atoms with Gasteiger partial charge < -0.3 is 0 Å². The summed E-state index contributed by atoms with van der Waals surface area (Å²) in [6.45, 7) is 0. The van der Waals surface area contributed by atoms with E-state index in [0.717, 1.165) is 10.2 Å². The first kappa shape index (κ1) is 14.4. The number of hydrogen-bond donors (Lipinski definition) is 1. The van der Waals surface area contributed by atoms with Gasteiger partial charge in [-0.25, -0.2) is 9.37 Å². The van der Waals surface area contributed by atoms with Crippen molar-refractivity contribution in [2.45, 2.75) is 0 Å². The van der Waals surface area contributed by atoms with Crippen LogP contribution >= 0.6 is 38.9 Å². The molecule has 0 bridgehead atoms. The van der Waals surface area contributed by atoms with Gasteiger partial charge in [0.1, 0.15) is 5.82 Å². The zero-order chi connectivity index (χ0) is 15.0. The maximum absolute atomic E-state index is 13.0. The van der Waals surface area contributed by atoms with Crippen LogP contribution < -0.4 is 5.32 Å². The Morgan fingerprint density at radius 3 is 2.86 bits per heavy atom. The Morgan fingerprint density at radius 1 is 1.29 bits per heavy atom. The Kier molecular flexibility index (Phi) is 3.93. The lowest BCUT2D eigenvalue weighted by Gasteiger charge is -2.03. The summed E-state index contributed by atoms with van der Waals surface area (Å²) >= 11 is 10.4. The van der Waals surface area contributed by atoms with Crippen LogP contribution in [0, 0.1) is 5.82 Å². The van der Waals surface area contributed by atoms with Crippen LogP contribution in [0.2, 0.25) is 5.02 Å². The van der Waals surface area contributed by atoms with E-state index in [1.54, 1.807) is 18.2 Å². The summed E-state index contributed by atoms with van der Waals surface area (Å²) in [5, 5.41) is 3.78. The van der Waals surface area contributed by atoms with Crippen molar-refractivity contribution < 1.29 is 9.18 Å². The van der Waals surface area contributed by atoms with Gasteiger partial charge in [-0.1, -0.05) is 22.9 Å². The van der Waals surface area contributed by atoms with Crippen LogP contribution in [0.15, 0.2) is 40.9 Å². The van der Waals surface area contributed by atoms with Crippen molar-refractivity contribution in [3.8, 4) is 0 Å². The summed E-state index contributed by atoms with van der Waals surface area (Å²) in [6, 6.07) is 9.21. The van der Waals surface area contributed by atoms with E-state index >= 15 is 0 Å². The number of hydrogen-bond acceptors (Lipinski definition) is 3. The first-order chi connectivity index (χ1) is 10.0. The number of carbonyl (C=O) groups is 1. The third-order valence-electron chi connectivity index (χ3n) is 2.75. The summed E-state index contributed by atoms with van der Waals surface area (Å²) in [4.78, 5) is 16.5. The number of carbonyl (C=O) groups excluding carboxylic acids is 1.